The van der Waals surface area contributed by atoms with E-state index in [1.807, 2.05) is 18.4 Å². The van der Waals surface area contributed by atoms with Crippen molar-refractivity contribution >= 4 is 11.0 Å². The minimum Gasteiger partial charge on any atom is -0.464 e. The molecular weight excluding hydrogens is 246 g/mol. The molecule has 1 heterocycles. The van der Waals surface area contributed by atoms with Crippen molar-refractivity contribution in [2.45, 2.75) is 32.2 Å². The summed E-state index contributed by atoms with van der Waals surface area (Å²) in [6.07, 6.45) is 12.2. The van der Waals surface area contributed by atoms with E-state index in [1.165, 1.54) is 36.6 Å². The second-order valence-corrected chi connectivity index (χ2v) is 5.93. The van der Waals surface area contributed by atoms with Crippen LogP contribution in [-0.4, -0.2) is 18.5 Å². The Balaban J connectivity index is 1.57. The highest BCUT2D eigenvalue weighted by Crippen LogP contribution is 2.25. The quantitative estimate of drug-likeness (QED) is 0.737. The van der Waals surface area contributed by atoms with Gasteiger partial charge in [-0.2, -0.15) is 0 Å². The first-order valence-corrected chi connectivity index (χ1v) is 7.63. The second kappa shape index (κ2) is 6.27. The van der Waals surface area contributed by atoms with Crippen molar-refractivity contribution in [3.8, 4) is 0 Å². The number of para-hydroxylation sites is 1. The van der Waals surface area contributed by atoms with E-state index in [9.17, 15) is 0 Å². The van der Waals surface area contributed by atoms with Crippen LogP contribution in [0.5, 0.6) is 0 Å². The summed E-state index contributed by atoms with van der Waals surface area (Å²) < 4.78 is 5.59. The highest BCUT2D eigenvalue weighted by atomic mass is 16.3. The highest BCUT2D eigenvalue weighted by Gasteiger charge is 2.11. The Bertz CT molecular complexity index is 578. The van der Waals surface area contributed by atoms with Gasteiger partial charge in [0.2, 0.25) is 0 Å². The minimum absolute atomic E-state index is 0.832. The van der Waals surface area contributed by atoms with E-state index in [4.69, 9.17) is 4.42 Å². The van der Waals surface area contributed by atoms with Crippen LogP contribution in [-0.2, 0) is 6.54 Å². The van der Waals surface area contributed by atoms with E-state index in [-0.39, 0.29) is 0 Å². The van der Waals surface area contributed by atoms with Gasteiger partial charge in [0.25, 0.3) is 0 Å². The highest BCUT2D eigenvalue weighted by molar-refractivity contribution is 5.80. The molecular formula is C18H23NO. The molecule has 0 saturated heterocycles. The maximum absolute atomic E-state index is 5.59. The molecule has 0 spiro atoms. The summed E-state index contributed by atoms with van der Waals surface area (Å²) >= 11 is 0. The predicted octanol–water partition coefficient (Wildman–Crippen LogP) is 4.61. The summed E-state index contributed by atoms with van der Waals surface area (Å²) in [6, 6.07) is 8.25. The first kappa shape index (κ1) is 13.4. The molecule has 2 aromatic rings. The molecule has 0 amide bonds. The van der Waals surface area contributed by atoms with E-state index in [1.54, 1.807) is 0 Å². The van der Waals surface area contributed by atoms with Crippen molar-refractivity contribution in [1.82, 2.24) is 4.90 Å². The molecule has 1 fully saturated rings. The number of furan rings is 1. The number of hydrogen-bond acceptors (Lipinski definition) is 2. The number of fused-ring (bicyclic) bond motifs is 1. The van der Waals surface area contributed by atoms with Crippen LogP contribution in [0, 0.1) is 5.92 Å². The number of hydrogen-bond donors (Lipinski definition) is 0. The molecule has 1 aliphatic rings. The first-order chi connectivity index (χ1) is 9.83. The normalized spacial score (nSPS) is 16.9. The molecule has 0 unspecified atom stereocenters. The lowest BCUT2D eigenvalue weighted by Gasteiger charge is -2.13. The minimum atomic E-state index is 0.832. The Morgan fingerprint density at radius 2 is 2.05 bits per heavy atom. The van der Waals surface area contributed by atoms with Crippen LogP contribution in [0.3, 0.4) is 0 Å². The van der Waals surface area contributed by atoms with Gasteiger partial charge in [-0.15, -0.1) is 0 Å². The van der Waals surface area contributed by atoms with Gasteiger partial charge in [0.1, 0.15) is 5.58 Å². The lowest BCUT2D eigenvalue weighted by molar-refractivity contribution is 0.362. The van der Waals surface area contributed by atoms with Crippen molar-refractivity contribution in [1.29, 1.82) is 0 Å². The van der Waals surface area contributed by atoms with E-state index in [0.29, 0.717) is 0 Å². The topological polar surface area (TPSA) is 16.4 Å². The maximum atomic E-state index is 5.59. The standard InChI is InChI=1S/C18H23NO/c1-19(12-6-9-15-7-2-3-8-15)13-16-14-20-18-11-5-4-10-17(16)18/h4-6,9-11,14-15H,2-3,7-8,12-13H2,1H3. The fourth-order valence-corrected chi connectivity index (χ4v) is 3.09. The molecule has 1 aromatic carbocycles. The lowest BCUT2D eigenvalue weighted by Crippen LogP contribution is -2.17. The summed E-state index contributed by atoms with van der Waals surface area (Å²) in [6.45, 7) is 1.95. The van der Waals surface area contributed by atoms with E-state index >= 15 is 0 Å². The zero-order valence-corrected chi connectivity index (χ0v) is 12.2. The third kappa shape index (κ3) is 3.13. The molecule has 1 saturated carbocycles. The van der Waals surface area contributed by atoms with Gasteiger partial charge >= 0.3 is 0 Å². The smallest absolute Gasteiger partial charge is 0.134 e. The molecule has 0 radical (unpaired) electrons. The summed E-state index contributed by atoms with van der Waals surface area (Å²) in [5.41, 5.74) is 2.26. The SMILES string of the molecule is CN(CC=CC1CCCC1)Cc1coc2ccccc12. The van der Waals surface area contributed by atoms with Crippen LogP contribution in [0.4, 0.5) is 0 Å². The van der Waals surface area contributed by atoms with Gasteiger partial charge in [-0.1, -0.05) is 43.2 Å². The molecule has 20 heavy (non-hydrogen) atoms. The number of likely N-dealkylation sites (N-methyl/N-ethyl adjacent to an activating group) is 1. The summed E-state index contributed by atoms with van der Waals surface area (Å²) in [7, 11) is 2.17. The molecule has 0 aliphatic heterocycles. The van der Waals surface area contributed by atoms with Crippen LogP contribution in [0.25, 0.3) is 11.0 Å². The molecule has 0 N–H and O–H groups in total. The van der Waals surface area contributed by atoms with Crippen LogP contribution in [0.15, 0.2) is 47.1 Å². The lowest BCUT2D eigenvalue weighted by atomic mass is 10.1. The third-order valence-corrected chi connectivity index (χ3v) is 4.23. The van der Waals surface area contributed by atoms with Crippen molar-refractivity contribution in [3.05, 3.63) is 48.2 Å². The zero-order valence-electron chi connectivity index (χ0n) is 12.2. The Kier molecular flexibility index (Phi) is 4.22. The molecule has 106 valence electrons. The first-order valence-electron chi connectivity index (χ1n) is 7.63. The molecule has 3 rings (SSSR count). The number of rotatable bonds is 5. The van der Waals surface area contributed by atoms with Crippen LogP contribution < -0.4 is 0 Å². The van der Waals surface area contributed by atoms with Crippen LogP contribution in [0.1, 0.15) is 31.2 Å². The van der Waals surface area contributed by atoms with Gasteiger partial charge in [0.15, 0.2) is 0 Å². The summed E-state index contributed by atoms with van der Waals surface area (Å²) in [5.74, 6) is 0.832. The van der Waals surface area contributed by atoms with Crippen LogP contribution in [0.2, 0.25) is 0 Å². The van der Waals surface area contributed by atoms with E-state index in [0.717, 1.165) is 24.6 Å². The Labute approximate surface area is 121 Å². The van der Waals surface area contributed by atoms with Gasteiger partial charge in [0.05, 0.1) is 6.26 Å². The molecule has 1 aliphatic carbocycles. The molecule has 0 bridgehead atoms. The fourth-order valence-electron chi connectivity index (χ4n) is 3.09. The molecule has 1 aromatic heterocycles. The van der Waals surface area contributed by atoms with Crippen molar-refractivity contribution < 1.29 is 4.42 Å². The van der Waals surface area contributed by atoms with Crippen LogP contribution >= 0.6 is 0 Å². The number of benzene rings is 1. The van der Waals surface area contributed by atoms with Crippen molar-refractivity contribution in [2.24, 2.45) is 5.92 Å². The number of nitrogens with zero attached hydrogens (tertiary/aromatic N) is 1. The van der Waals surface area contributed by atoms with Gasteiger partial charge < -0.3 is 4.42 Å². The van der Waals surface area contributed by atoms with Crippen molar-refractivity contribution in [3.63, 3.8) is 0 Å². The largest absolute Gasteiger partial charge is 0.464 e. The average molecular weight is 269 g/mol. The average Bonchev–Trinajstić information content (AvgIpc) is 3.09. The molecule has 0 atom stereocenters. The van der Waals surface area contributed by atoms with Gasteiger partial charge in [-0.05, 0) is 31.9 Å². The van der Waals surface area contributed by atoms with E-state index in [2.05, 4.69) is 36.2 Å². The van der Waals surface area contributed by atoms with Crippen molar-refractivity contribution in [2.75, 3.05) is 13.6 Å². The molecule has 2 nitrogen and oxygen atoms in total. The molecule has 2 heteroatoms. The Hall–Kier alpha value is -1.54. The summed E-state index contributed by atoms with van der Waals surface area (Å²) in [5, 5.41) is 1.24. The zero-order chi connectivity index (χ0) is 13.8. The second-order valence-electron chi connectivity index (χ2n) is 5.93. The van der Waals surface area contributed by atoms with Gasteiger partial charge in [0, 0.05) is 24.0 Å². The monoisotopic (exact) mass is 269 g/mol. The van der Waals surface area contributed by atoms with E-state index < -0.39 is 0 Å². The third-order valence-electron chi connectivity index (χ3n) is 4.23. The van der Waals surface area contributed by atoms with Gasteiger partial charge in [-0.3, -0.25) is 4.90 Å². The fraction of sp³-hybridized carbons (Fsp3) is 0.444. The Morgan fingerprint density at radius 1 is 1.25 bits per heavy atom. The summed E-state index contributed by atoms with van der Waals surface area (Å²) in [4.78, 5) is 2.34. The predicted molar refractivity (Wildman–Crippen MR) is 83.6 cm³/mol. The number of allylic oxidation sites excluding steroid dienone is 1. The van der Waals surface area contributed by atoms with Gasteiger partial charge in [-0.25, -0.2) is 0 Å². The Morgan fingerprint density at radius 3 is 2.90 bits per heavy atom. The maximum Gasteiger partial charge on any atom is 0.134 e.